The third-order valence-electron chi connectivity index (χ3n) is 4.78. The average Bonchev–Trinajstić information content (AvgIpc) is 3.25. The number of benzene rings is 2. The highest BCUT2D eigenvalue weighted by Crippen LogP contribution is 2.38. The number of rotatable bonds is 7. The number of hydrogen-bond donors (Lipinski definition) is 0. The van der Waals surface area contributed by atoms with E-state index >= 15 is 0 Å². The van der Waals surface area contributed by atoms with Crippen LogP contribution in [0.4, 0.5) is 4.39 Å². The van der Waals surface area contributed by atoms with E-state index in [0.29, 0.717) is 51.8 Å². The summed E-state index contributed by atoms with van der Waals surface area (Å²) in [4.78, 5) is 13.5. The van der Waals surface area contributed by atoms with Crippen molar-refractivity contribution >= 4 is 17.7 Å². The molecule has 32 heavy (non-hydrogen) atoms. The van der Waals surface area contributed by atoms with Crippen LogP contribution in [0.1, 0.15) is 16.2 Å². The summed E-state index contributed by atoms with van der Waals surface area (Å²) >= 11 is 1.49. The quantitative estimate of drug-likeness (QED) is 0.532. The molecule has 0 fully saturated rings. The summed E-state index contributed by atoms with van der Waals surface area (Å²) in [7, 11) is 4.48. The van der Waals surface area contributed by atoms with Gasteiger partial charge in [-0.25, -0.2) is 14.1 Å². The number of methoxy groups -OCH3 is 3. The van der Waals surface area contributed by atoms with E-state index in [9.17, 15) is 9.18 Å². The first-order valence-electron chi connectivity index (χ1n) is 9.63. The zero-order valence-electron chi connectivity index (χ0n) is 17.7. The second-order valence-corrected chi connectivity index (χ2v) is 7.71. The molecule has 168 valence electrons. The topological polar surface area (TPSA) is 87.9 Å². The molecular weight excluding hydrogens is 439 g/mol. The summed E-state index contributed by atoms with van der Waals surface area (Å²) in [5.74, 6) is 2.11. The van der Waals surface area contributed by atoms with Gasteiger partial charge >= 0.3 is 0 Å². The number of hydrogen-bond acceptors (Lipinski definition) is 8. The molecule has 0 unspecified atom stereocenters. The molecule has 4 rings (SSSR count). The van der Waals surface area contributed by atoms with E-state index in [1.807, 2.05) is 0 Å². The molecule has 1 aliphatic rings. The van der Waals surface area contributed by atoms with Crippen LogP contribution < -0.4 is 24.0 Å². The van der Waals surface area contributed by atoms with Crippen LogP contribution >= 0.6 is 11.8 Å². The van der Waals surface area contributed by atoms with Gasteiger partial charge in [-0.1, -0.05) is 11.8 Å². The first kappa shape index (κ1) is 21.8. The minimum absolute atomic E-state index is 0.0538. The summed E-state index contributed by atoms with van der Waals surface area (Å²) < 4.78 is 36.6. The largest absolute Gasteiger partial charge is 0.493 e. The van der Waals surface area contributed by atoms with E-state index < -0.39 is 0 Å². The molecule has 0 spiro atoms. The van der Waals surface area contributed by atoms with Gasteiger partial charge in [0.25, 0.3) is 5.91 Å². The third-order valence-corrected chi connectivity index (χ3v) is 5.68. The van der Waals surface area contributed by atoms with Crippen molar-refractivity contribution in [2.75, 3.05) is 38.6 Å². The van der Waals surface area contributed by atoms with Crippen LogP contribution in [0.2, 0.25) is 0 Å². The van der Waals surface area contributed by atoms with Gasteiger partial charge in [0.2, 0.25) is 10.9 Å². The molecule has 2 heterocycles. The average molecular weight is 460 g/mol. The summed E-state index contributed by atoms with van der Waals surface area (Å²) in [6, 6.07) is 8.87. The van der Waals surface area contributed by atoms with Gasteiger partial charge in [0, 0.05) is 11.3 Å². The zero-order chi connectivity index (χ0) is 22.7. The maximum Gasteiger partial charge on any atom is 0.273 e. The molecule has 0 bridgehead atoms. The Morgan fingerprint density at radius 3 is 2.38 bits per heavy atom. The van der Waals surface area contributed by atoms with E-state index in [0.717, 1.165) is 0 Å². The van der Waals surface area contributed by atoms with Gasteiger partial charge in [0.1, 0.15) is 18.2 Å². The maximum absolute atomic E-state index is 13.5. The Morgan fingerprint density at radius 2 is 1.75 bits per heavy atom. The minimum atomic E-state index is -0.351. The number of carbonyl (C=O) groups excluding carboxylic acids is 1. The van der Waals surface area contributed by atoms with E-state index in [-0.39, 0.29) is 18.3 Å². The molecule has 0 saturated carbocycles. The van der Waals surface area contributed by atoms with Crippen molar-refractivity contribution in [3.05, 3.63) is 53.6 Å². The van der Waals surface area contributed by atoms with Crippen molar-refractivity contribution in [3.8, 4) is 23.0 Å². The van der Waals surface area contributed by atoms with Crippen molar-refractivity contribution in [1.29, 1.82) is 0 Å². The lowest BCUT2D eigenvalue weighted by atomic mass is 10.1. The van der Waals surface area contributed by atoms with Crippen LogP contribution in [0.5, 0.6) is 23.0 Å². The molecule has 1 aromatic heterocycles. The molecule has 2 aromatic carbocycles. The lowest BCUT2D eigenvalue weighted by Gasteiger charge is -2.29. The van der Waals surface area contributed by atoms with Crippen LogP contribution in [0.25, 0.3) is 0 Å². The summed E-state index contributed by atoms with van der Waals surface area (Å²) in [5.41, 5.74) is 0.358. The Morgan fingerprint density at radius 1 is 1.06 bits per heavy atom. The SMILES string of the molecule is COc1cc(C(=O)N2CCSc3nnc(COc4ccc(F)cc4)n32)cc(OC)c1OC. The molecule has 3 aromatic rings. The van der Waals surface area contributed by atoms with Crippen LogP contribution in [-0.2, 0) is 6.61 Å². The highest BCUT2D eigenvalue weighted by molar-refractivity contribution is 7.99. The Kier molecular flexibility index (Phi) is 6.35. The molecule has 0 saturated heterocycles. The van der Waals surface area contributed by atoms with Gasteiger partial charge in [-0.05, 0) is 36.4 Å². The van der Waals surface area contributed by atoms with Gasteiger partial charge < -0.3 is 18.9 Å². The Hall–Kier alpha value is -3.47. The summed E-state index contributed by atoms with van der Waals surface area (Å²) in [5, 5.41) is 10.5. The number of amides is 1. The van der Waals surface area contributed by atoms with E-state index in [1.54, 1.807) is 21.8 Å². The number of fused-ring (bicyclic) bond motifs is 1. The van der Waals surface area contributed by atoms with Gasteiger partial charge in [-0.3, -0.25) is 4.79 Å². The van der Waals surface area contributed by atoms with Gasteiger partial charge in [-0.2, -0.15) is 0 Å². The molecule has 9 nitrogen and oxygen atoms in total. The van der Waals surface area contributed by atoms with Crippen molar-refractivity contribution in [2.45, 2.75) is 11.8 Å². The lowest BCUT2D eigenvalue weighted by Crippen LogP contribution is -2.45. The van der Waals surface area contributed by atoms with Gasteiger partial charge in [0.15, 0.2) is 17.3 Å². The van der Waals surface area contributed by atoms with Crippen LogP contribution in [0.15, 0.2) is 41.6 Å². The number of thioether (sulfide) groups is 1. The van der Waals surface area contributed by atoms with Crippen molar-refractivity contribution in [2.24, 2.45) is 0 Å². The third kappa shape index (κ3) is 4.15. The molecular formula is C21H21FN4O5S. The smallest absolute Gasteiger partial charge is 0.273 e. The normalized spacial score (nSPS) is 12.8. The Bertz CT molecular complexity index is 1100. The number of aromatic nitrogens is 3. The first-order chi connectivity index (χ1) is 15.5. The summed E-state index contributed by atoms with van der Waals surface area (Å²) in [6.45, 7) is 0.493. The van der Waals surface area contributed by atoms with E-state index in [2.05, 4.69) is 10.2 Å². The van der Waals surface area contributed by atoms with Gasteiger partial charge in [0.05, 0.1) is 27.9 Å². The fourth-order valence-electron chi connectivity index (χ4n) is 3.27. The van der Waals surface area contributed by atoms with Gasteiger partial charge in [-0.15, -0.1) is 10.2 Å². The van der Waals surface area contributed by atoms with Crippen LogP contribution in [0.3, 0.4) is 0 Å². The van der Waals surface area contributed by atoms with Crippen molar-refractivity contribution < 1.29 is 28.1 Å². The zero-order valence-corrected chi connectivity index (χ0v) is 18.5. The molecule has 0 atom stereocenters. The van der Waals surface area contributed by atoms with Crippen LogP contribution in [-0.4, -0.2) is 54.4 Å². The number of ether oxygens (including phenoxy) is 4. The second-order valence-electron chi connectivity index (χ2n) is 6.64. The fraction of sp³-hybridized carbons (Fsp3) is 0.286. The summed E-state index contributed by atoms with van der Waals surface area (Å²) in [6.07, 6.45) is 0. The Labute approximate surface area is 188 Å². The van der Waals surface area contributed by atoms with Crippen LogP contribution in [0, 0.1) is 5.82 Å². The highest BCUT2D eigenvalue weighted by atomic mass is 32.2. The first-order valence-corrected chi connectivity index (χ1v) is 10.6. The van der Waals surface area contributed by atoms with E-state index in [1.165, 1.54) is 57.4 Å². The monoisotopic (exact) mass is 460 g/mol. The van der Waals surface area contributed by atoms with E-state index in [4.69, 9.17) is 18.9 Å². The Balaban J connectivity index is 1.63. The second kappa shape index (κ2) is 9.35. The number of carbonyl (C=O) groups is 1. The molecule has 0 radical (unpaired) electrons. The predicted molar refractivity (Wildman–Crippen MR) is 115 cm³/mol. The molecule has 1 aliphatic heterocycles. The van der Waals surface area contributed by atoms with Crippen molar-refractivity contribution in [1.82, 2.24) is 14.9 Å². The van der Waals surface area contributed by atoms with Crippen molar-refractivity contribution in [3.63, 3.8) is 0 Å². The number of nitrogens with zero attached hydrogens (tertiary/aromatic N) is 4. The maximum atomic E-state index is 13.5. The standard InChI is InChI=1S/C21H21FN4O5S/c1-28-16-10-13(11-17(29-2)19(16)30-3)20(27)25-8-9-32-21-24-23-18(26(21)25)12-31-15-6-4-14(22)5-7-15/h4-7,10-11H,8-9,12H2,1-3H3. The predicted octanol–water partition coefficient (Wildman–Crippen LogP) is 2.91. The minimum Gasteiger partial charge on any atom is -0.493 e. The molecule has 1 amide bonds. The molecule has 0 N–H and O–H groups in total. The molecule has 11 heteroatoms. The highest BCUT2D eigenvalue weighted by Gasteiger charge is 2.30. The number of halogens is 1. The lowest BCUT2D eigenvalue weighted by molar-refractivity contribution is 0.0952. The molecule has 0 aliphatic carbocycles. The fourth-order valence-corrected chi connectivity index (χ4v) is 4.14.